The molecule has 0 bridgehead atoms. The van der Waals surface area contributed by atoms with Crippen molar-refractivity contribution >= 4 is 45.2 Å². The first-order valence-corrected chi connectivity index (χ1v) is 11.2. The van der Waals surface area contributed by atoms with Crippen LogP contribution in [0.5, 0.6) is 0 Å². The second-order valence-corrected chi connectivity index (χ2v) is 8.94. The van der Waals surface area contributed by atoms with Crippen LogP contribution in [0.25, 0.3) is 44.8 Å². The molecule has 0 fully saturated rings. The third-order valence-electron chi connectivity index (χ3n) is 5.78. The number of benzene rings is 4. The van der Waals surface area contributed by atoms with Crippen LogP contribution in [-0.4, -0.2) is 19.9 Å². The Morgan fingerprint density at radius 3 is 1.56 bits per heavy atom. The van der Waals surface area contributed by atoms with E-state index >= 15 is 0 Å². The van der Waals surface area contributed by atoms with Crippen molar-refractivity contribution in [1.82, 2.24) is 19.9 Å². The average molecular weight is 432 g/mol. The highest BCUT2D eigenvalue weighted by molar-refractivity contribution is 7.99. The number of anilines is 2. The summed E-state index contributed by atoms with van der Waals surface area (Å²) in [5.74, 6) is 1.77. The molecule has 1 aliphatic heterocycles. The molecule has 0 spiro atoms. The minimum atomic E-state index is 0.886. The molecular formula is C26H17N5S. The SMILES string of the molecule is c1ccc2[nH]c(-c3ccc4c(c3)Sc3cc(-c5nc6ccccc6[nH]5)ccc3N4)nc2c1. The van der Waals surface area contributed by atoms with E-state index in [1.165, 1.54) is 9.79 Å². The fraction of sp³-hybridized carbons (Fsp3) is 0. The summed E-state index contributed by atoms with van der Waals surface area (Å²) in [6.07, 6.45) is 0. The fourth-order valence-corrected chi connectivity index (χ4v) is 5.22. The molecule has 3 heterocycles. The van der Waals surface area contributed by atoms with E-state index in [4.69, 9.17) is 9.97 Å². The van der Waals surface area contributed by atoms with Gasteiger partial charge in [-0.3, -0.25) is 0 Å². The van der Waals surface area contributed by atoms with E-state index in [-0.39, 0.29) is 0 Å². The molecule has 6 heteroatoms. The Morgan fingerprint density at radius 2 is 1.06 bits per heavy atom. The van der Waals surface area contributed by atoms with Crippen LogP contribution in [0.3, 0.4) is 0 Å². The number of rotatable bonds is 2. The molecule has 7 rings (SSSR count). The third-order valence-corrected chi connectivity index (χ3v) is 6.89. The molecule has 0 radical (unpaired) electrons. The summed E-state index contributed by atoms with van der Waals surface area (Å²) >= 11 is 1.77. The van der Waals surface area contributed by atoms with Crippen LogP contribution in [0.1, 0.15) is 0 Å². The summed E-state index contributed by atoms with van der Waals surface area (Å²) in [6.45, 7) is 0. The zero-order valence-electron chi connectivity index (χ0n) is 16.9. The number of aromatic amines is 2. The van der Waals surface area contributed by atoms with Gasteiger partial charge in [-0.05, 0) is 60.7 Å². The second kappa shape index (κ2) is 6.73. The highest BCUT2D eigenvalue weighted by Gasteiger charge is 2.18. The molecule has 4 aromatic carbocycles. The monoisotopic (exact) mass is 431 g/mol. The van der Waals surface area contributed by atoms with Crippen molar-refractivity contribution in [3.8, 4) is 22.8 Å². The lowest BCUT2D eigenvalue weighted by Gasteiger charge is -2.21. The van der Waals surface area contributed by atoms with Gasteiger partial charge in [-0.2, -0.15) is 0 Å². The predicted octanol–water partition coefficient (Wildman–Crippen LogP) is 6.98. The summed E-state index contributed by atoms with van der Waals surface area (Å²) in [5.41, 5.74) is 8.42. The number of hydrogen-bond acceptors (Lipinski definition) is 4. The minimum absolute atomic E-state index is 0.886. The Morgan fingerprint density at radius 1 is 0.562 bits per heavy atom. The molecule has 0 unspecified atom stereocenters. The lowest BCUT2D eigenvalue weighted by Crippen LogP contribution is -2.00. The van der Waals surface area contributed by atoms with Gasteiger partial charge in [0.15, 0.2) is 0 Å². The van der Waals surface area contributed by atoms with E-state index in [0.717, 1.165) is 56.2 Å². The van der Waals surface area contributed by atoms with Gasteiger partial charge in [0.05, 0.1) is 33.4 Å². The van der Waals surface area contributed by atoms with Crippen LogP contribution in [0.2, 0.25) is 0 Å². The lowest BCUT2D eigenvalue weighted by molar-refractivity contribution is 1.27. The van der Waals surface area contributed by atoms with Gasteiger partial charge in [-0.15, -0.1) is 0 Å². The van der Waals surface area contributed by atoms with E-state index in [9.17, 15) is 0 Å². The molecule has 0 saturated heterocycles. The van der Waals surface area contributed by atoms with Gasteiger partial charge >= 0.3 is 0 Å². The standard InChI is InChI=1S/C26H17N5S/c1-2-6-18-17(5-1)28-25(29-18)15-9-11-21-23(13-15)32-24-14-16(10-12-22(24)27-21)26-30-19-7-3-4-8-20(19)31-26/h1-14,27H,(H,28,29)(H,30,31). The summed E-state index contributed by atoms with van der Waals surface area (Å²) < 4.78 is 0. The molecule has 0 saturated carbocycles. The van der Waals surface area contributed by atoms with Crippen molar-refractivity contribution in [3.05, 3.63) is 84.9 Å². The van der Waals surface area contributed by atoms with E-state index in [1.807, 2.05) is 36.4 Å². The Bertz CT molecular complexity index is 1460. The molecule has 3 N–H and O–H groups in total. The quantitative estimate of drug-likeness (QED) is 0.276. The number of nitrogens with zero attached hydrogens (tertiary/aromatic N) is 2. The fourth-order valence-electron chi connectivity index (χ4n) is 4.16. The zero-order chi connectivity index (χ0) is 21.1. The zero-order valence-corrected chi connectivity index (χ0v) is 17.7. The van der Waals surface area contributed by atoms with Crippen LogP contribution in [0.4, 0.5) is 11.4 Å². The highest BCUT2D eigenvalue weighted by atomic mass is 32.2. The van der Waals surface area contributed by atoms with Gasteiger partial charge in [-0.25, -0.2) is 9.97 Å². The number of fused-ring (bicyclic) bond motifs is 4. The molecule has 0 atom stereocenters. The van der Waals surface area contributed by atoms with E-state index in [0.29, 0.717) is 0 Å². The van der Waals surface area contributed by atoms with Gasteiger partial charge < -0.3 is 15.3 Å². The van der Waals surface area contributed by atoms with Gasteiger partial charge in [0.1, 0.15) is 11.6 Å². The summed E-state index contributed by atoms with van der Waals surface area (Å²) in [4.78, 5) is 18.7. The number of aromatic nitrogens is 4. The number of para-hydroxylation sites is 4. The first kappa shape index (κ1) is 17.6. The van der Waals surface area contributed by atoms with Crippen LogP contribution in [0, 0.1) is 0 Å². The van der Waals surface area contributed by atoms with Gasteiger partial charge in [0, 0.05) is 20.9 Å². The van der Waals surface area contributed by atoms with Gasteiger partial charge in [0.25, 0.3) is 0 Å². The Hall–Kier alpha value is -4.03. The second-order valence-electron chi connectivity index (χ2n) is 7.85. The van der Waals surface area contributed by atoms with Crippen molar-refractivity contribution < 1.29 is 0 Å². The maximum Gasteiger partial charge on any atom is 0.138 e. The van der Waals surface area contributed by atoms with Crippen molar-refractivity contribution in [3.63, 3.8) is 0 Å². The van der Waals surface area contributed by atoms with E-state index in [1.54, 1.807) is 11.8 Å². The minimum Gasteiger partial charge on any atom is -0.354 e. The molecule has 6 aromatic rings. The number of nitrogens with one attached hydrogen (secondary N) is 3. The summed E-state index contributed by atoms with van der Waals surface area (Å²) in [5, 5.41) is 3.57. The van der Waals surface area contributed by atoms with Crippen LogP contribution in [0.15, 0.2) is 94.7 Å². The van der Waals surface area contributed by atoms with Gasteiger partial charge in [0.2, 0.25) is 0 Å². The van der Waals surface area contributed by atoms with Crippen molar-refractivity contribution in [2.45, 2.75) is 9.79 Å². The molecule has 32 heavy (non-hydrogen) atoms. The molecule has 1 aliphatic rings. The third kappa shape index (κ3) is 2.81. The smallest absolute Gasteiger partial charge is 0.138 e. The van der Waals surface area contributed by atoms with Gasteiger partial charge in [-0.1, -0.05) is 36.0 Å². The topological polar surface area (TPSA) is 69.4 Å². The highest BCUT2D eigenvalue weighted by Crippen LogP contribution is 2.46. The molecule has 5 nitrogen and oxygen atoms in total. The molecule has 2 aromatic heterocycles. The van der Waals surface area contributed by atoms with E-state index < -0.39 is 0 Å². The van der Waals surface area contributed by atoms with Crippen molar-refractivity contribution in [2.24, 2.45) is 0 Å². The van der Waals surface area contributed by atoms with E-state index in [2.05, 4.69) is 63.8 Å². The average Bonchev–Trinajstić information content (AvgIpc) is 3.46. The first-order valence-electron chi connectivity index (χ1n) is 10.4. The van der Waals surface area contributed by atoms with Crippen LogP contribution >= 0.6 is 11.8 Å². The number of hydrogen-bond donors (Lipinski definition) is 3. The summed E-state index contributed by atoms with van der Waals surface area (Å²) in [6, 6.07) is 29.1. The molecule has 152 valence electrons. The first-order chi connectivity index (χ1) is 15.8. The maximum atomic E-state index is 4.75. The van der Waals surface area contributed by atoms with Crippen LogP contribution < -0.4 is 5.32 Å². The molecule has 0 aliphatic carbocycles. The summed E-state index contributed by atoms with van der Waals surface area (Å²) in [7, 11) is 0. The van der Waals surface area contributed by atoms with Crippen molar-refractivity contribution in [2.75, 3.05) is 5.32 Å². The Kier molecular flexibility index (Phi) is 3.71. The predicted molar refractivity (Wildman–Crippen MR) is 130 cm³/mol. The normalized spacial score (nSPS) is 12.5. The molecular weight excluding hydrogens is 414 g/mol. The largest absolute Gasteiger partial charge is 0.354 e. The number of H-pyrrole nitrogens is 2. The lowest BCUT2D eigenvalue weighted by atomic mass is 10.1. The Balaban J connectivity index is 1.26. The number of imidazole rings is 2. The molecule has 0 amide bonds. The van der Waals surface area contributed by atoms with Crippen molar-refractivity contribution in [1.29, 1.82) is 0 Å². The Labute approximate surface area is 187 Å². The van der Waals surface area contributed by atoms with Crippen LogP contribution in [-0.2, 0) is 0 Å². The maximum absolute atomic E-state index is 4.75.